The summed E-state index contributed by atoms with van der Waals surface area (Å²) in [4.78, 5) is 12.4. The predicted molar refractivity (Wildman–Crippen MR) is 91.0 cm³/mol. The van der Waals surface area contributed by atoms with Crippen molar-refractivity contribution in [3.05, 3.63) is 71.9 Å². The van der Waals surface area contributed by atoms with Gasteiger partial charge in [-0.25, -0.2) is 9.13 Å². The fraction of sp³-hybridized carbons (Fsp3) is 0.158. The molecule has 0 amide bonds. The van der Waals surface area contributed by atoms with Gasteiger partial charge in [0.25, 0.3) is 0 Å². The number of benzene rings is 2. The molecule has 0 saturated heterocycles. The van der Waals surface area contributed by atoms with Crippen LogP contribution in [0.4, 0.5) is 5.95 Å². The summed E-state index contributed by atoms with van der Waals surface area (Å²) >= 11 is 0. The van der Waals surface area contributed by atoms with Crippen LogP contribution in [-0.2, 0) is 13.6 Å². The van der Waals surface area contributed by atoms with E-state index in [9.17, 15) is 4.79 Å². The standard InChI is InChI=1S/C19H19N3O.BrH/c1-14-8-10-16(11-9-14)18(23)13-22-12-17(21(2)19(22)20)15-6-4-3-5-7-15;/h3-12,20H,13H2,1-2H3;1H. The Morgan fingerprint density at radius 3 is 2.33 bits per heavy atom. The van der Waals surface area contributed by atoms with Gasteiger partial charge in [0.05, 0.1) is 7.05 Å². The van der Waals surface area contributed by atoms with E-state index in [0.717, 1.165) is 16.8 Å². The fourth-order valence-electron chi connectivity index (χ4n) is 2.61. The molecule has 0 spiro atoms. The second-order valence-electron chi connectivity index (χ2n) is 5.71. The largest absolute Gasteiger partial charge is 1.00 e. The van der Waals surface area contributed by atoms with E-state index in [1.807, 2.05) is 79.3 Å². The Morgan fingerprint density at radius 2 is 1.71 bits per heavy atom. The van der Waals surface area contributed by atoms with Gasteiger partial charge < -0.3 is 17.0 Å². The van der Waals surface area contributed by atoms with Crippen LogP contribution in [-0.4, -0.2) is 10.4 Å². The maximum atomic E-state index is 12.4. The Bertz CT molecular complexity index is 839. The Labute approximate surface area is 152 Å². The summed E-state index contributed by atoms with van der Waals surface area (Å²) in [5.74, 6) is 0.608. The molecular formula is C19H20BrN3O. The minimum Gasteiger partial charge on any atom is -1.00 e. The first-order chi connectivity index (χ1) is 11.1. The average molecular weight is 386 g/mol. The minimum absolute atomic E-state index is 0. The minimum atomic E-state index is 0. The summed E-state index contributed by atoms with van der Waals surface area (Å²) in [5, 5.41) is 0. The van der Waals surface area contributed by atoms with Gasteiger partial charge in [-0.05, 0) is 6.92 Å². The van der Waals surface area contributed by atoms with Crippen LogP contribution in [0.3, 0.4) is 0 Å². The van der Waals surface area contributed by atoms with Crippen LogP contribution >= 0.6 is 0 Å². The molecule has 124 valence electrons. The van der Waals surface area contributed by atoms with E-state index in [-0.39, 0.29) is 29.3 Å². The Hall–Kier alpha value is -2.40. The molecule has 0 aliphatic heterocycles. The van der Waals surface area contributed by atoms with Gasteiger partial charge in [-0.15, -0.1) is 0 Å². The highest BCUT2D eigenvalue weighted by molar-refractivity contribution is 5.95. The van der Waals surface area contributed by atoms with Gasteiger partial charge in [-0.3, -0.25) is 10.5 Å². The number of Topliss-reactive ketones (excluding diaryl/α,β-unsaturated/α-hetero) is 1. The monoisotopic (exact) mass is 385 g/mol. The molecule has 2 aromatic carbocycles. The van der Waals surface area contributed by atoms with E-state index in [1.165, 1.54) is 0 Å². The zero-order chi connectivity index (χ0) is 16.4. The molecule has 0 bridgehead atoms. The van der Waals surface area contributed by atoms with E-state index in [4.69, 9.17) is 5.73 Å². The lowest BCUT2D eigenvalue weighted by atomic mass is 10.1. The molecule has 2 N–H and O–H groups in total. The van der Waals surface area contributed by atoms with E-state index in [2.05, 4.69) is 0 Å². The fourth-order valence-corrected chi connectivity index (χ4v) is 2.61. The van der Waals surface area contributed by atoms with E-state index < -0.39 is 0 Å². The molecule has 0 aliphatic carbocycles. The van der Waals surface area contributed by atoms with Gasteiger partial charge in [0.15, 0.2) is 5.78 Å². The zero-order valence-corrected chi connectivity index (χ0v) is 15.3. The number of ketones is 1. The van der Waals surface area contributed by atoms with Crippen molar-refractivity contribution < 1.29 is 26.3 Å². The third-order valence-electron chi connectivity index (χ3n) is 4.03. The molecule has 0 radical (unpaired) electrons. The van der Waals surface area contributed by atoms with Crippen LogP contribution in [0.1, 0.15) is 15.9 Å². The number of hydrogen-bond donors (Lipinski definition) is 1. The number of imidazole rings is 1. The Kier molecular flexibility index (Phi) is 5.57. The van der Waals surface area contributed by atoms with Crippen molar-refractivity contribution in [2.45, 2.75) is 13.5 Å². The average Bonchev–Trinajstić information content (AvgIpc) is 2.85. The third-order valence-corrected chi connectivity index (χ3v) is 4.03. The summed E-state index contributed by atoms with van der Waals surface area (Å²) in [5.41, 5.74) is 10.1. The summed E-state index contributed by atoms with van der Waals surface area (Å²) < 4.78 is 3.70. The van der Waals surface area contributed by atoms with Crippen molar-refractivity contribution in [2.75, 3.05) is 5.73 Å². The predicted octanol–water partition coefficient (Wildman–Crippen LogP) is -0.243. The second-order valence-corrected chi connectivity index (χ2v) is 5.71. The van der Waals surface area contributed by atoms with Crippen molar-refractivity contribution in [3.8, 4) is 11.3 Å². The van der Waals surface area contributed by atoms with Gasteiger partial charge in [0.1, 0.15) is 18.4 Å². The van der Waals surface area contributed by atoms with Crippen LogP contribution < -0.4 is 27.3 Å². The lowest BCUT2D eigenvalue weighted by Crippen LogP contribution is -3.00. The third kappa shape index (κ3) is 3.57. The summed E-state index contributed by atoms with van der Waals surface area (Å²) in [7, 11) is 1.91. The second kappa shape index (κ2) is 7.45. The summed E-state index contributed by atoms with van der Waals surface area (Å²) in [6.45, 7) is 2.24. The maximum Gasteiger partial charge on any atom is 0.355 e. The van der Waals surface area contributed by atoms with Crippen LogP contribution in [0.15, 0.2) is 60.8 Å². The molecular weight excluding hydrogens is 366 g/mol. The molecule has 5 heteroatoms. The van der Waals surface area contributed by atoms with Gasteiger partial charge in [-0.2, -0.15) is 0 Å². The van der Waals surface area contributed by atoms with E-state index >= 15 is 0 Å². The van der Waals surface area contributed by atoms with Crippen LogP contribution in [0.25, 0.3) is 11.3 Å². The van der Waals surface area contributed by atoms with Crippen molar-refractivity contribution in [1.82, 2.24) is 4.57 Å². The topological polar surface area (TPSA) is 51.9 Å². The molecule has 4 nitrogen and oxygen atoms in total. The summed E-state index contributed by atoms with van der Waals surface area (Å²) in [6, 6.07) is 17.6. The number of nitrogens with two attached hydrogens (primary N) is 1. The number of nitrogens with zero attached hydrogens (tertiary/aromatic N) is 2. The lowest BCUT2D eigenvalue weighted by Gasteiger charge is -2.01. The molecule has 3 aromatic rings. The highest BCUT2D eigenvalue weighted by atomic mass is 79.9. The first-order valence-electron chi connectivity index (χ1n) is 7.56. The van der Waals surface area contributed by atoms with Crippen LogP contribution in [0.2, 0.25) is 0 Å². The number of aromatic nitrogens is 2. The number of rotatable bonds is 4. The number of hydrogen-bond acceptors (Lipinski definition) is 2. The Balaban J connectivity index is 0.00000208. The van der Waals surface area contributed by atoms with Crippen molar-refractivity contribution >= 4 is 11.7 Å². The highest BCUT2D eigenvalue weighted by Gasteiger charge is 2.20. The molecule has 0 aliphatic rings. The van der Waals surface area contributed by atoms with E-state index in [0.29, 0.717) is 11.5 Å². The quantitative estimate of drug-likeness (QED) is 0.497. The van der Waals surface area contributed by atoms with Gasteiger partial charge in [0, 0.05) is 11.1 Å². The van der Waals surface area contributed by atoms with Crippen LogP contribution in [0, 0.1) is 6.92 Å². The van der Waals surface area contributed by atoms with Crippen molar-refractivity contribution in [2.24, 2.45) is 7.05 Å². The lowest BCUT2D eigenvalue weighted by molar-refractivity contribution is -0.667. The van der Waals surface area contributed by atoms with E-state index in [1.54, 1.807) is 4.57 Å². The number of carbonyl (C=O) groups excluding carboxylic acids is 1. The first kappa shape index (κ1) is 17.9. The molecule has 0 fully saturated rings. The molecule has 3 rings (SSSR count). The van der Waals surface area contributed by atoms with Gasteiger partial charge in [-0.1, -0.05) is 60.2 Å². The number of anilines is 1. The van der Waals surface area contributed by atoms with Crippen LogP contribution in [0.5, 0.6) is 0 Å². The normalized spacial score (nSPS) is 10.2. The first-order valence-corrected chi connectivity index (χ1v) is 7.56. The smallest absolute Gasteiger partial charge is 0.355 e. The number of nitrogen functional groups attached to an aromatic ring is 1. The van der Waals surface area contributed by atoms with Gasteiger partial charge in [0.2, 0.25) is 0 Å². The van der Waals surface area contributed by atoms with Crippen molar-refractivity contribution in [1.29, 1.82) is 0 Å². The highest BCUT2D eigenvalue weighted by Crippen LogP contribution is 2.19. The van der Waals surface area contributed by atoms with Gasteiger partial charge >= 0.3 is 5.95 Å². The zero-order valence-electron chi connectivity index (χ0n) is 13.7. The SMILES string of the molecule is Cc1ccc(C(=O)C[n+]2cc(-c3ccccc3)n(C)c2N)cc1.[Br-]. The molecule has 0 unspecified atom stereocenters. The molecule has 24 heavy (non-hydrogen) atoms. The molecule has 0 atom stereocenters. The number of halogens is 1. The summed E-state index contributed by atoms with van der Waals surface area (Å²) in [6.07, 6.45) is 1.93. The Morgan fingerprint density at radius 1 is 1.08 bits per heavy atom. The molecule has 1 aromatic heterocycles. The molecule has 0 saturated carbocycles. The number of carbonyl (C=O) groups is 1. The number of aryl methyl sites for hydroxylation is 1. The van der Waals surface area contributed by atoms with Crippen molar-refractivity contribution in [3.63, 3.8) is 0 Å². The molecule has 1 heterocycles. The maximum absolute atomic E-state index is 12.4.